The lowest BCUT2D eigenvalue weighted by Gasteiger charge is -2.26. The first-order chi connectivity index (χ1) is 15.3. The topological polar surface area (TPSA) is 105 Å². The normalized spacial score (nSPS) is 19.5. The van der Waals surface area contributed by atoms with Crippen molar-refractivity contribution >= 4 is 21.8 Å². The van der Waals surface area contributed by atoms with Gasteiger partial charge in [-0.3, -0.25) is 9.59 Å². The molecule has 9 heteroatoms. The number of carbonyl (C=O) groups is 2. The van der Waals surface area contributed by atoms with Gasteiger partial charge in [0.1, 0.15) is 6.04 Å². The molecule has 1 aromatic rings. The van der Waals surface area contributed by atoms with E-state index in [0.717, 1.165) is 12.8 Å². The van der Waals surface area contributed by atoms with Crippen molar-refractivity contribution in [1.82, 2.24) is 14.9 Å². The molecule has 1 saturated carbocycles. The Bertz CT molecular complexity index is 891. The molecule has 0 bridgehead atoms. The van der Waals surface area contributed by atoms with Crippen LogP contribution in [-0.4, -0.2) is 63.4 Å². The van der Waals surface area contributed by atoms with Crippen molar-refractivity contribution in [3.63, 3.8) is 0 Å². The number of benzene rings is 1. The van der Waals surface area contributed by atoms with Crippen LogP contribution in [0.3, 0.4) is 0 Å². The van der Waals surface area contributed by atoms with Crippen LogP contribution in [0.25, 0.3) is 0 Å². The van der Waals surface area contributed by atoms with E-state index in [1.165, 1.54) is 35.7 Å². The highest BCUT2D eigenvalue weighted by Crippen LogP contribution is 2.23. The highest BCUT2D eigenvalue weighted by molar-refractivity contribution is 7.89. The first kappa shape index (κ1) is 24.7. The van der Waals surface area contributed by atoms with Gasteiger partial charge in [-0.2, -0.15) is 4.31 Å². The van der Waals surface area contributed by atoms with Crippen molar-refractivity contribution in [3.05, 3.63) is 29.8 Å². The molecule has 0 aromatic heterocycles. The van der Waals surface area contributed by atoms with Crippen molar-refractivity contribution in [2.45, 2.75) is 56.9 Å². The minimum absolute atomic E-state index is 0.0647. The minimum atomic E-state index is -3.71. The second-order valence-electron chi connectivity index (χ2n) is 8.99. The van der Waals surface area contributed by atoms with Gasteiger partial charge >= 0.3 is 0 Å². The van der Waals surface area contributed by atoms with Crippen molar-refractivity contribution in [2.75, 3.05) is 32.8 Å². The Hall–Kier alpha value is -1.97. The summed E-state index contributed by atoms with van der Waals surface area (Å²) in [7, 11) is -3.71. The van der Waals surface area contributed by atoms with Crippen LogP contribution in [0.2, 0.25) is 0 Å². The highest BCUT2D eigenvalue weighted by atomic mass is 32.2. The van der Waals surface area contributed by atoms with Gasteiger partial charge in [0.2, 0.25) is 15.9 Å². The van der Waals surface area contributed by atoms with Gasteiger partial charge in [0.25, 0.3) is 5.91 Å². The van der Waals surface area contributed by atoms with Crippen LogP contribution in [0.4, 0.5) is 0 Å². The van der Waals surface area contributed by atoms with Gasteiger partial charge in [-0.1, -0.05) is 39.2 Å². The number of nitrogens with zero attached hydrogens (tertiary/aromatic N) is 1. The molecule has 178 valence electrons. The van der Waals surface area contributed by atoms with Gasteiger partial charge in [-0.25, -0.2) is 8.42 Å². The first-order valence-electron chi connectivity index (χ1n) is 11.6. The number of hydrogen-bond donors (Lipinski definition) is 2. The molecule has 0 unspecified atom stereocenters. The van der Waals surface area contributed by atoms with Crippen molar-refractivity contribution in [2.24, 2.45) is 11.8 Å². The molecular weight excluding hydrogens is 430 g/mol. The Morgan fingerprint density at radius 2 is 1.81 bits per heavy atom. The van der Waals surface area contributed by atoms with Gasteiger partial charge in [-0.15, -0.1) is 0 Å². The molecule has 1 aromatic carbocycles. The summed E-state index contributed by atoms with van der Waals surface area (Å²) < 4.78 is 32.4. The molecular formula is C23H35N3O5S. The fourth-order valence-corrected chi connectivity index (χ4v) is 5.69. The molecule has 8 nitrogen and oxygen atoms in total. The van der Waals surface area contributed by atoms with Gasteiger partial charge < -0.3 is 15.4 Å². The lowest BCUT2D eigenvalue weighted by atomic mass is 9.89. The van der Waals surface area contributed by atoms with Gasteiger partial charge in [-0.05, 0) is 42.9 Å². The maximum Gasteiger partial charge on any atom is 0.251 e. The van der Waals surface area contributed by atoms with Crippen molar-refractivity contribution in [1.29, 1.82) is 0 Å². The number of sulfonamides is 1. The number of carbonyl (C=O) groups excluding carboxylic acids is 2. The van der Waals surface area contributed by atoms with Crippen LogP contribution in [0.15, 0.2) is 29.2 Å². The summed E-state index contributed by atoms with van der Waals surface area (Å²) in [4.78, 5) is 25.8. The molecule has 2 aliphatic rings. The van der Waals surface area contributed by atoms with E-state index in [9.17, 15) is 18.0 Å². The van der Waals surface area contributed by atoms with E-state index in [2.05, 4.69) is 10.6 Å². The lowest BCUT2D eigenvalue weighted by molar-refractivity contribution is -0.124. The van der Waals surface area contributed by atoms with Crippen LogP contribution in [0, 0.1) is 11.8 Å². The monoisotopic (exact) mass is 465 g/mol. The van der Waals surface area contributed by atoms with Crippen LogP contribution in [0.1, 0.15) is 56.3 Å². The van der Waals surface area contributed by atoms with Crippen LogP contribution in [0.5, 0.6) is 0 Å². The number of amides is 2. The molecule has 0 radical (unpaired) electrons. The zero-order valence-corrected chi connectivity index (χ0v) is 19.8. The number of morpholine rings is 1. The van der Waals surface area contributed by atoms with Crippen molar-refractivity contribution in [3.8, 4) is 0 Å². The smallest absolute Gasteiger partial charge is 0.251 e. The lowest BCUT2D eigenvalue weighted by Crippen LogP contribution is -2.50. The van der Waals surface area contributed by atoms with Crippen LogP contribution in [-0.2, 0) is 19.6 Å². The SMILES string of the molecule is CC(C)[C@H](NC(=O)c1cccc(S(=O)(=O)N2CCOCC2)c1)C(=O)NCC1CCCCC1. The number of rotatable bonds is 8. The third-order valence-electron chi connectivity index (χ3n) is 6.23. The number of nitrogens with one attached hydrogen (secondary N) is 2. The summed E-state index contributed by atoms with van der Waals surface area (Å²) in [6, 6.07) is 5.28. The Kier molecular flexibility index (Phi) is 8.67. The minimum Gasteiger partial charge on any atom is -0.379 e. The van der Waals surface area contributed by atoms with E-state index in [4.69, 9.17) is 4.74 Å². The molecule has 2 fully saturated rings. The summed E-state index contributed by atoms with van der Waals surface area (Å²) in [5, 5.41) is 5.80. The van der Waals surface area contributed by atoms with Crippen LogP contribution >= 0.6 is 0 Å². The zero-order valence-electron chi connectivity index (χ0n) is 19.0. The second kappa shape index (κ2) is 11.2. The second-order valence-corrected chi connectivity index (χ2v) is 10.9. The average Bonchev–Trinajstić information content (AvgIpc) is 2.82. The third kappa shape index (κ3) is 6.30. The van der Waals surface area contributed by atoms with Crippen LogP contribution < -0.4 is 10.6 Å². The summed E-state index contributed by atoms with van der Waals surface area (Å²) in [6.07, 6.45) is 5.92. The Balaban J connectivity index is 1.66. The van der Waals surface area contributed by atoms with E-state index >= 15 is 0 Å². The van der Waals surface area contributed by atoms with Gasteiger partial charge in [0, 0.05) is 25.2 Å². The molecule has 1 heterocycles. The fourth-order valence-electron chi connectivity index (χ4n) is 4.24. The Morgan fingerprint density at radius 1 is 1.12 bits per heavy atom. The quantitative estimate of drug-likeness (QED) is 0.612. The molecule has 2 amide bonds. The van der Waals surface area contributed by atoms with E-state index in [0.29, 0.717) is 25.7 Å². The number of ether oxygens (including phenoxy) is 1. The zero-order chi connectivity index (χ0) is 23.1. The molecule has 1 saturated heterocycles. The summed E-state index contributed by atoms with van der Waals surface area (Å²) in [5.74, 6) is -0.268. The van der Waals surface area contributed by atoms with Crippen molar-refractivity contribution < 1.29 is 22.7 Å². The average molecular weight is 466 g/mol. The number of hydrogen-bond acceptors (Lipinski definition) is 5. The summed E-state index contributed by atoms with van der Waals surface area (Å²) in [5.41, 5.74) is 0.213. The largest absolute Gasteiger partial charge is 0.379 e. The third-order valence-corrected chi connectivity index (χ3v) is 8.12. The summed E-state index contributed by atoms with van der Waals surface area (Å²) in [6.45, 7) is 5.67. The standard InChI is InChI=1S/C23H35N3O5S/c1-17(2)21(23(28)24-16-18-7-4-3-5-8-18)25-22(27)19-9-6-10-20(15-19)32(29,30)26-11-13-31-14-12-26/h6,9-10,15,17-18,21H,3-5,7-8,11-14,16H2,1-2H3,(H,24,28)(H,25,27)/t21-/m0/s1. The Morgan fingerprint density at radius 3 is 2.47 bits per heavy atom. The predicted molar refractivity (Wildman–Crippen MR) is 122 cm³/mol. The summed E-state index contributed by atoms with van der Waals surface area (Å²) >= 11 is 0. The molecule has 1 aliphatic carbocycles. The van der Waals surface area contributed by atoms with E-state index in [1.807, 2.05) is 13.8 Å². The first-order valence-corrected chi connectivity index (χ1v) is 13.0. The molecule has 3 rings (SSSR count). The van der Waals surface area contributed by atoms with E-state index in [1.54, 1.807) is 12.1 Å². The maximum absolute atomic E-state index is 12.9. The fraction of sp³-hybridized carbons (Fsp3) is 0.652. The van der Waals surface area contributed by atoms with E-state index < -0.39 is 22.0 Å². The maximum atomic E-state index is 12.9. The molecule has 32 heavy (non-hydrogen) atoms. The highest BCUT2D eigenvalue weighted by Gasteiger charge is 2.29. The molecule has 2 N–H and O–H groups in total. The van der Waals surface area contributed by atoms with Gasteiger partial charge in [0.05, 0.1) is 18.1 Å². The van der Waals surface area contributed by atoms with Gasteiger partial charge in [0.15, 0.2) is 0 Å². The predicted octanol–water partition coefficient (Wildman–Crippen LogP) is 2.16. The Labute approximate surface area is 191 Å². The van der Waals surface area contributed by atoms with E-state index in [-0.39, 0.29) is 35.4 Å². The molecule has 1 aliphatic heterocycles. The molecule has 1 atom stereocenters. The molecule has 0 spiro atoms.